The topological polar surface area (TPSA) is 36.9 Å². The monoisotopic (exact) mass is 976 g/mol. The van der Waals surface area contributed by atoms with E-state index < -0.39 is 0 Å². The van der Waals surface area contributed by atoms with E-state index in [9.17, 15) is 0 Å². The predicted octanol–water partition coefficient (Wildman–Crippen LogP) is 14.8. The van der Waals surface area contributed by atoms with Crippen molar-refractivity contribution in [3.05, 3.63) is 66.4 Å². The lowest BCUT2D eigenvalue weighted by atomic mass is 10.3. The van der Waals surface area contributed by atoms with Gasteiger partial charge in [-0.1, -0.05) is 138 Å². The SMILES string of the molecule is CCCOc1c2cc(Br)cc1Sc1cc(Br)cc(c1OCCC)Sc1cc(Br)cc(c1OCCC)Sc1cc(Br)cc(c1OCCC)S2. The van der Waals surface area contributed by atoms with Crippen molar-refractivity contribution in [3.63, 3.8) is 0 Å². The highest BCUT2D eigenvalue weighted by Crippen LogP contribution is 2.55. The summed E-state index contributed by atoms with van der Waals surface area (Å²) < 4.78 is 30.1. The van der Waals surface area contributed by atoms with Gasteiger partial charge in [-0.3, -0.25) is 0 Å². The van der Waals surface area contributed by atoms with Crippen LogP contribution in [0.2, 0.25) is 0 Å². The van der Waals surface area contributed by atoms with Gasteiger partial charge in [0.1, 0.15) is 23.0 Å². The fourth-order valence-corrected chi connectivity index (χ4v) is 12.5. The summed E-state index contributed by atoms with van der Waals surface area (Å²) in [5.74, 6) is 3.38. The lowest BCUT2D eigenvalue weighted by Gasteiger charge is -2.22. The van der Waals surface area contributed by atoms with Crippen LogP contribution in [-0.2, 0) is 0 Å². The van der Waals surface area contributed by atoms with Crippen molar-refractivity contribution >= 4 is 111 Å². The molecule has 0 atom stereocenters. The maximum atomic E-state index is 6.56. The summed E-state index contributed by atoms with van der Waals surface area (Å²) in [6.07, 6.45) is 3.58. The van der Waals surface area contributed by atoms with Gasteiger partial charge in [0.25, 0.3) is 0 Å². The molecule has 0 saturated heterocycles. The maximum Gasteiger partial charge on any atom is 0.147 e. The molecule has 0 fully saturated rings. The Hall–Kier alpha value is -0.600. The summed E-state index contributed by atoms with van der Waals surface area (Å²) in [6, 6.07) is 17.1. The summed E-state index contributed by atoms with van der Waals surface area (Å²) in [5.41, 5.74) is 0. The number of ether oxygens (including phenoxy) is 4. The molecule has 4 nitrogen and oxygen atoms in total. The molecule has 0 unspecified atom stereocenters. The van der Waals surface area contributed by atoms with Crippen molar-refractivity contribution in [3.8, 4) is 23.0 Å². The average Bonchev–Trinajstić information content (AvgIpc) is 3.03. The highest BCUT2D eigenvalue weighted by molar-refractivity contribution is 9.11. The third-order valence-electron chi connectivity index (χ3n) is 6.62. The lowest BCUT2D eigenvalue weighted by molar-refractivity contribution is 0.299. The first kappa shape index (κ1) is 38.6. The Balaban J connectivity index is 1.83. The lowest BCUT2D eigenvalue weighted by Crippen LogP contribution is -2.02. The third kappa shape index (κ3) is 9.83. The van der Waals surface area contributed by atoms with Crippen LogP contribution in [0.1, 0.15) is 53.4 Å². The van der Waals surface area contributed by atoms with Gasteiger partial charge in [0.05, 0.1) is 65.6 Å². The molecule has 4 aromatic rings. The number of hydrogen-bond acceptors (Lipinski definition) is 8. The van der Waals surface area contributed by atoms with E-state index in [1.165, 1.54) is 0 Å². The molecule has 48 heavy (non-hydrogen) atoms. The molecular weight excluding hydrogens is 944 g/mol. The molecule has 0 aliphatic carbocycles. The molecule has 4 aromatic carbocycles. The van der Waals surface area contributed by atoms with E-state index in [4.69, 9.17) is 18.9 Å². The van der Waals surface area contributed by atoms with Crippen LogP contribution in [0.4, 0.5) is 0 Å². The molecule has 8 bridgehead atoms. The van der Waals surface area contributed by atoms with E-state index in [0.29, 0.717) is 26.4 Å². The average molecular weight is 981 g/mol. The second kappa shape index (κ2) is 18.8. The van der Waals surface area contributed by atoms with Crippen LogP contribution < -0.4 is 18.9 Å². The number of rotatable bonds is 12. The van der Waals surface area contributed by atoms with Gasteiger partial charge in [-0.15, -0.1) is 0 Å². The summed E-state index contributed by atoms with van der Waals surface area (Å²) in [5, 5.41) is 0. The molecular formula is C36H36Br4O4S4. The fourth-order valence-electron chi connectivity index (χ4n) is 4.64. The largest absolute Gasteiger partial charge is 0.491 e. The van der Waals surface area contributed by atoms with Crippen LogP contribution >= 0.6 is 111 Å². The summed E-state index contributed by atoms with van der Waals surface area (Å²) >= 11 is 21.9. The van der Waals surface area contributed by atoms with Crippen molar-refractivity contribution in [2.75, 3.05) is 26.4 Å². The van der Waals surface area contributed by atoms with Crippen LogP contribution in [0.25, 0.3) is 0 Å². The third-order valence-corrected chi connectivity index (χ3v) is 12.6. The minimum Gasteiger partial charge on any atom is -0.491 e. The number of fused-ring (bicyclic) bond motifs is 8. The van der Waals surface area contributed by atoms with Crippen molar-refractivity contribution < 1.29 is 18.9 Å². The van der Waals surface area contributed by atoms with Gasteiger partial charge >= 0.3 is 0 Å². The molecule has 0 spiro atoms. The number of hydrogen-bond donors (Lipinski definition) is 0. The van der Waals surface area contributed by atoms with E-state index >= 15 is 0 Å². The van der Waals surface area contributed by atoms with Gasteiger partial charge in [0, 0.05) is 17.9 Å². The molecule has 0 amide bonds. The zero-order valence-electron chi connectivity index (χ0n) is 27.1. The Labute approximate surface area is 334 Å². The normalized spacial score (nSPS) is 12.5. The van der Waals surface area contributed by atoms with Gasteiger partial charge in [-0.2, -0.15) is 0 Å². The molecule has 0 aromatic heterocycles. The minimum atomic E-state index is 0.602. The first-order valence-corrected chi connectivity index (χ1v) is 22.2. The maximum absolute atomic E-state index is 6.56. The Bertz CT molecular complexity index is 1410. The molecule has 5 rings (SSSR count). The summed E-state index contributed by atoms with van der Waals surface area (Å²) in [6.45, 7) is 10.9. The molecule has 0 N–H and O–H groups in total. The van der Waals surface area contributed by atoms with Crippen molar-refractivity contribution in [2.45, 2.75) is 92.5 Å². The van der Waals surface area contributed by atoms with Crippen LogP contribution in [0.3, 0.4) is 0 Å². The highest BCUT2D eigenvalue weighted by atomic mass is 79.9. The van der Waals surface area contributed by atoms with E-state index in [1.54, 1.807) is 47.0 Å². The second-order valence-corrected chi connectivity index (χ2v) is 18.7. The quantitative estimate of drug-likeness (QED) is 0.122. The minimum absolute atomic E-state index is 0.602. The van der Waals surface area contributed by atoms with E-state index in [2.05, 4.69) is 140 Å². The first-order chi connectivity index (χ1) is 23.2. The molecule has 256 valence electrons. The van der Waals surface area contributed by atoms with Crippen LogP contribution in [0, 0.1) is 0 Å². The van der Waals surface area contributed by atoms with Gasteiger partial charge in [-0.05, 0) is 74.2 Å². The number of halogens is 4. The Morgan fingerprint density at radius 1 is 0.354 bits per heavy atom. The van der Waals surface area contributed by atoms with Crippen molar-refractivity contribution in [2.24, 2.45) is 0 Å². The molecule has 1 aliphatic heterocycles. The standard InChI is InChI=1S/C36H36Br4O4S4/c1-5-9-41-33-25-13-21(37)14-26(33)46-28-16-23(39)18-30(35(28)43-11-7-3)48-32-20-24(40)19-31(36(32)44-12-8-4)47-29-17-22(38)15-27(45-25)34(29)42-10-6-2/h13-20H,5-12H2,1-4H3. The summed E-state index contributed by atoms with van der Waals surface area (Å²) in [7, 11) is 0. The Morgan fingerprint density at radius 2 is 0.521 bits per heavy atom. The van der Waals surface area contributed by atoms with Gasteiger partial charge < -0.3 is 18.9 Å². The second-order valence-electron chi connectivity index (χ2n) is 10.7. The zero-order chi connectivity index (χ0) is 34.2. The van der Waals surface area contributed by atoms with Gasteiger partial charge in [0.15, 0.2) is 0 Å². The molecule has 0 saturated carbocycles. The van der Waals surface area contributed by atoms with Crippen LogP contribution in [-0.4, -0.2) is 26.4 Å². The highest BCUT2D eigenvalue weighted by Gasteiger charge is 2.25. The first-order valence-electron chi connectivity index (χ1n) is 15.8. The van der Waals surface area contributed by atoms with Crippen molar-refractivity contribution in [1.29, 1.82) is 0 Å². The Kier molecular flexibility index (Phi) is 15.1. The fraction of sp³-hybridized carbons (Fsp3) is 0.333. The zero-order valence-corrected chi connectivity index (χ0v) is 36.7. The molecule has 0 radical (unpaired) electrons. The van der Waals surface area contributed by atoms with E-state index in [0.717, 1.165) is 106 Å². The van der Waals surface area contributed by atoms with Gasteiger partial charge in [-0.25, -0.2) is 0 Å². The molecule has 1 aliphatic rings. The molecule has 1 heterocycles. The van der Waals surface area contributed by atoms with E-state index in [-0.39, 0.29) is 0 Å². The van der Waals surface area contributed by atoms with Crippen LogP contribution in [0.5, 0.6) is 23.0 Å². The Morgan fingerprint density at radius 3 is 0.667 bits per heavy atom. The smallest absolute Gasteiger partial charge is 0.147 e. The van der Waals surface area contributed by atoms with Crippen molar-refractivity contribution in [1.82, 2.24) is 0 Å². The predicted molar refractivity (Wildman–Crippen MR) is 216 cm³/mol. The summed E-state index contributed by atoms with van der Waals surface area (Å²) in [4.78, 5) is 8.00. The number of benzene rings is 4. The van der Waals surface area contributed by atoms with Crippen LogP contribution in [0.15, 0.2) is 106 Å². The van der Waals surface area contributed by atoms with E-state index in [1.807, 2.05) is 0 Å². The van der Waals surface area contributed by atoms with Gasteiger partial charge in [0.2, 0.25) is 0 Å². The molecule has 12 heteroatoms.